The Labute approximate surface area is 228 Å². The third kappa shape index (κ3) is 5.83. The third-order valence-electron chi connectivity index (χ3n) is 6.81. The number of fused-ring (bicyclic) bond motifs is 1. The van der Waals surface area contributed by atoms with Crippen molar-refractivity contribution < 1.29 is 9.59 Å². The van der Waals surface area contributed by atoms with Gasteiger partial charge in [0.1, 0.15) is 5.82 Å². The van der Waals surface area contributed by atoms with Crippen LogP contribution in [0.15, 0.2) is 73.6 Å². The average molecular weight is 524 g/mol. The van der Waals surface area contributed by atoms with Crippen LogP contribution >= 0.6 is 0 Å². The number of anilines is 4. The minimum absolute atomic E-state index is 0.322. The van der Waals surface area contributed by atoms with Gasteiger partial charge in [-0.25, -0.2) is 4.98 Å². The topological polar surface area (TPSA) is 95.4 Å². The van der Waals surface area contributed by atoms with Crippen LogP contribution in [0.2, 0.25) is 0 Å². The molecular formula is C30H33N7O2. The van der Waals surface area contributed by atoms with Crippen LogP contribution in [0.5, 0.6) is 0 Å². The van der Waals surface area contributed by atoms with E-state index in [0.717, 1.165) is 55.6 Å². The van der Waals surface area contributed by atoms with Gasteiger partial charge in [-0.05, 0) is 47.7 Å². The molecule has 2 N–H and O–H groups in total. The highest BCUT2D eigenvalue weighted by molar-refractivity contribution is 6.03. The van der Waals surface area contributed by atoms with Crippen molar-refractivity contribution in [1.29, 1.82) is 0 Å². The summed E-state index contributed by atoms with van der Waals surface area (Å²) in [6, 6.07) is 15.5. The van der Waals surface area contributed by atoms with E-state index in [0.29, 0.717) is 34.6 Å². The van der Waals surface area contributed by atoms with E-state index >= 15 is 0 Å². The van der Waals surface area contributed by atoms with Crippen LogP contribution in [0, 0.1) is 5.92 Å². The first-order chi connectivity index (χ1) is 18.9. The summed E-state index contributed by atoms with van der Waals surface area (Å²) in [5, 5.41) is 7.22. The molecule has 200 valence electrons. The molecule has 0 spiro atoms. The Hall–Kier alpha value is -4.50. The fraction of sp³-hybridized carbons (Fsp3) is 0.267. The van der Waals surface area contributed by atoms with Gasteiger partial charge in [-0.2, -0.15) is 4.98 Å². The maximum Gasteiger partial charge on any atom is 0.247 e. The van der Waals surface area contributed by atoms with Crippen molar-refractivity contribution in [2.75, 3.05) is 48.3 Å². The fourth-order valence-corrected chi connectivity index (χ4v) is 4.99. The first-order valence-electron chi connectivity index (χ1n) is 13.2. The van der Waals surface area contributed by atoms with Crippen LogP contribution in [0.3, 0.4) is 0 Å². The van der Waals surface area contributed by atoms with Crippen molar-refractivity contribution in [2.24, 2.45) is 5.92 Å². The molecule has 0 bridgehead atoms. The van der Waals surface area contributed by atoms with Crippen LogP contribution in [0.1, 0.15) is 24.2 Å². The number of aromatic nitrogens is 3. The number of nitrogens with zero attached hydrogens (tertiary/aromatic N) is 5. The highest BCUT2D eigenvalue weighted by atomic mass is 16.1. The van der Waals surface area contributed by atoms with E-state index in [1.165, 1.54) is 6.08 Å². The largest absolute Gasteiger partial charge is 0.367 e. The highest BCUT2D eigenvalue weighted by Gasteiger charge is 2.22. The number of benzene rings is 2. The Balaban J connectivity index is 1.45. The Bertz CT molecular complexity index is 1500. The molecule has 39 heavy (non-hydrogen) atoms. The molecule has 0 aliphatic carbocycles. The summed E-state index contributed by atoms with van der Waals surface area (Å²) in [7, 11) is 0. The predicted octanol–water partition coefficient (Wildman–Crippen LogP) is 4.88. The van der Waals surface area contributed by atoms with Crippen LogP contribution in [-0.2, 0) is 4.79 Å². The standard InChI is InChI=1S/C30H33N7O2/c1-4-29(39)32-25-18-24(23(20-38)17-27(25)36-15-13-35(14-16-36)19-21(2)3)33-30-31-11-9-28(34-30)37-12-10-22-7-5-6-8-26(22)37/h4-12,17-18,20-21H,1,13-16,19H2,2-3H3,(H,32,39)(H,31,33,34). The second-order valence-electron chi connectivity index (χ2n) is 10.1. The minimum Gasteiger partial charge on any atom is -0.367 e. The van der Waals surface area contributed by atoms with Gasteiger partial charge in [-0.1, -0.05) is 38.6 Å². The number of hydrogen-bond acceptors (Lipinski definition) is 7. The van der Waals surface area contributed by atoms with Crippen molar-refractivity contribution >= 4 is 46.1 Å². The molecule has 1 saturated heterocycles. The quantitative estimate of drug-likeness (QED) is 0.239. The summed E-state index contributed by atoms with van der Waals surface area (Å²) >= 11 is 0. The molecule has 9 heteroatoms. The Morgan fingerprint density at radius 1 is 1.08 bits per heavy atom. The highest BCUT2D eigenvalue weighted by Crippen LogP contribution is 2.34. The smallest absolute Gasteiger partial charge is 0.247 e. The molecule has 0 atom stereocenters. The fourth-order valence-electron chi connectivity index (χ4n) is 4.99. The molecule has 0 radical (unpaired) electrons. The number of nitrogens with one attached hydrogen (secondary N) is 2. The maximum atomic E-state index is 12.3. The van der Waals surface area contributed by atoms with Gasteiger partial charge in [0, 0.05) is 50.7 Å². The number of carbonyl (C=O) groups is 2. The van der Waals surface area contributed by atoms with Crippen molar-refractivity contribution in [3.05, 3.63) is 79.1 Å². The molecule has 0 unspecified atom stereocenters. The van der Waals surface area contributed by atoms with Gasteiger partial charge in [0.25, 0.3) is 0 Å². The SMILES string of the molecule is C=CC(=O)Nc1cc(Nc2nccc(-n3ccc4ccccc43)n2)c(C=O)cc1N1CCN(CC(C)C)CC1. The number of aldehydes is 1. The van der Waals surface area contributed by atoms with E-state index < -0.39 is 0 Å². The van der Waals surface area contributed by atoms with Gasteiger partial charge in [0.15, 0.2) is 6.29 Å². The van der Waals surface area contributed by atoms with Crippen molar-refractivity contribution in [3.63, 3.8) is 0 Å². The molecule has 1 aliphatic heterocycles. The minimum atomic E-state index is -0.322. The monoisotopic (exact) mass is 523 g/mol. The molecule has 3 heterocycles. The van der Waals surface area contributed by atoms with Crippen molar-refractivity contribution in [3.8, 4) is 5.82 Å². The average Bonchev–Trinajstić information content (AvgIpc) is 3.38. The van der Waals surface area contributed by atoms with E-state index in [1.807, 2.05) is 53.2 Å². The van der Waals surface area contributed by atoms with Crippen molar-refractivity contribution in [2.45, 2.75) is 13.8 Å². The first-order valence-corrected chi connectivity index (χ1v) is 13.2. The van der Waals surface area contributed by atoms with Gasteiger partial charge >= 0.3 is 0 Å². The zero-order valence-corrected chi connectivity index (χ0v) is 22.3. The van der Waals surface area contributed by atoms with Gasteiger partial charge < -0.3 is 20.1 Å². The Kier molecular flexibility index (Phi) is 7.69. The molecule has 9 nitrogen and oxygen atoms in total. The molecule has 5 rings (SSSR count). The summed E-state index contributed by atoms with van der Waals surface area (Å²) in [6.07, 6.45) is 5.68. The molecule has 1 fully saturated rings. The van der Waals surface area contributed by atoms with E-state index in [4.69, 9.17) is 4.98 Å². The Morgan fingerprint density at radius 3 is 2.62 bits per heavy atom. The summed E-state index contributed by atoms with van der Waals surface area (Å²) in [5.74, 6) is 1.31. The summed E-state index contributed by atoms with van der Waals surface area (Å²) in [4.78, 5) is 38.2. The number of piperazine rings is 1. The summed E-state index contributed by atoms with van der Waals surface area (Å²) in [6.45, 7) is 12.5. The zero-order valence-electron chi connectivity index (χ0n) is 22.3. The number of hydrogen-bond donors (Lipinski definition) is 2. The van der Waals surface area contributed by atoms with Crippen LogP contribution in [0.4, 0.5) is 23.0 Å². The number of amides is 1. The molecule has 1 amide bonds. The van der Waals surface area contributed by atoms with Crippen LogP contribution in [0.25, 0.3) is 16.7 Å². The number of carbonyl (C=O) groups excluding carboxylic acids is 2. The molecule has 1 aliphatic rings. The lowest BCUT2D eigenvalue weighted by Gasteiger charge is -2.37. The summed E-state index contributed by atoms with van der Waals surface area (Å²) < 4.78 is 1.99. The Morgan fingerprint density at radius 2 is 1.87 bits per heavy atom. The molecule has 2 aromatic carbocycles. The summed E-state index contributed by atoms with van der Waals surface area (Å²) in [5.41, 5.74) is 3.38. The van der Waals surface area contributed by atoms with Gasteiger partial charge in [0.05, 0.1) is 22.6 Å². The van der Waals surface area contributed by atoms with E-state index in [-0.39, 0.29) is 5.91 Å². The van der Waals surface area contributed by atoms with Gasteiger partial charge in [-0.15, -0.1) is 0 Å². The van der Waals surface area contributed by atoms with Crippen LogP contribution < -0.4 is 15.5 Å². The first kappa shape index (κ1) is 26.1. The molecular weight excluding hydrogens is 490 g/mol. The molecule has 2 aromatic heterocycles. The van der Waals surface area contributed by atoms with E-state index in [9.17, 15) is 9.59 Å². The lowest BCUT2D eigenvalue weighted by Crippen LogP contribution is -2.47. The number of rotatable bonds is 9. The lowest BCUT2D eigenvalue weighted by atomic mass is 10.1. The van der Waals surface area contributed by atoms with Gasteiger partial charge in [0.2, 0.25) is 11.9 Å². The second-order valence-corrected chi connectivity index (χ2v) is 10.1. The normalized spacial score (nSPS) is 14.0. The maximum absolute atomic E-state index is 12.3. The predicted molar refractivity (Wildman–Crippen MR) is 156 cm³/mol. The second kappa shape index (κ2) is 11.5. The number of para-hydroxylation sites is 1. The van der Waals surface area contributed by atoms with E-state index in [2.05, 4.69) is 45.8 Å². The van der Waals surface area contributed by atoms with Crippen molar-refractivity contribution in [1.82, 2.24) is 19.4 Å². The third-order valence-corrected chi connectivity index (χ3v) is 6.81. The molecule has 4 aromatic rings. The zero-order chi connectivity index (χ0) is 27.4. The van der Waals surface area contributed by atoms with Crippen LogP contribution in [-0.4, -0.2) is 64.4 Å². The lowest BCUT2D eigenvalue weighted by molar-refractivity contribution is -0.111. The van der Waals surface area contributed by atoms with Gasteiger partial charge in [-0.3, -0.25) is 14.5 Å². The van der Waals surface area contributed by atoms with E-state index in [1.54, 1.807) is 12.3 Å². The molecule has 0 saturated carbocycles.